The monoisotopic (exact) mass is 157 g/mol. The summed E-state index contributed by atoms with van der Waals surface area (Å²) in [6.07, 6.45) is 3.51. The van der Waals surface area contributed by atoms with Crippen LogP contribution in [0.15, 0.2) is 0 Å². The molecule has 1 aliphatic rings. The van der Waals surface area contributed by atoms with Gasteiger partial charge in [0.1, 0.15) is 0 Å². The third kappa shape index (κ3) is 1.71. The third-order valence-corrected chi connectivity index (χ3v) is 2.48. The SMILES string of the molecule is COC(=O)C(CN)C1CCC1. The van der Waals surface area contributed by atoms with Crippen molar-refractivity contribution in [2.75, 3.05) is 13.7 Å². The lowest BCUT2D eigenvalue weighted by atomic mass is 9.76. The Morgan fingerprint density at radius 2 is 2.36 bits per heavy atom. The number of hydrogen-bond donors (Lipinski definition) is 1. The number of nitrogens with two attached hydrogens (primary N) is 1. The molecule has 0 aromatic heterocycles. The molecule has 0 saturated heterocycles. The molecule has 0 spiro atoms. The van der Waals surface area contributed by atoms with Crippen LogP contribution in [-0.4, -0.2) is 19.6 Å². The first-order chi connectivity index (χ1) is 5.29. The van der Waals surface area contributed by atoms with Crippen molar-refractivity contribution < 1.29 is 9.53 Å². The first kappa shape index (κ1) is 8.53. The maximum Gasteiger partial charge on any atom is 0.310 e. The molecule has 1 saturated carbocycles. The Morgan fingerprint density at radius 3 is 2.64 bits per heavy atom. The summed E-state index contributed by atoms with van der Waals surface area (Å²) in [6, 6.07) is 0. The minimum Gasteiger partial charge on any atom is -0.469 e. The fraction of sp³-hybridized carbons (Fsp3) is 0.875. The van der Waals surface area contributed by atoms with E-state index in [-0.39, 0.29) is 11.9 Å². The highest BCUT2D eigenvalue weighted by atomic mass is 16.5. The lowest BCUT2D eigenvalue weighted by Crippen LogP contribution is -2.35. The van der Waals surface area contributed by atoms with E-state index >= 15 is 0 Å². The largest absolute Gasteiger partial charge is 0.469 e. The normalized spacial score (nSPS) is 20.5. The molecule has 0 amide bonds. The molecule has 1 fully saturated rings. The molecule has 1 rings (SSSR count). The van der Waals surface area contributed by atoms with Crippen LogP contribution in [0.5, 0.6) is 0 Å². The van der Waals surface area contributed by atoms with Crippen LogP contribution in [0, 0.1) is 11.8 Å². The summed E-state index contributed by atoms with van der Waals surface area (Å²) >= 11 is 0. The van der Waals surface area contributed by atoms with E-state index in [2.05, 4.69) is 4.74 Å². The highest BCUT2D eigenvalue weighted by Crippen LogP contribution is 2.33. The Labute approximate surface area is 66.9 Å². The van der Waals surface area contributed by atoms with Crippen LogP contribution in [0.25, 0.3) is 0 Å². The fourth-order valence-corrected chi connectivity index (χ4v) is 1.47. The van der Waals surface area contributed by atoms with Gasteiger partial charge in [0, 0.05) is 6.54 Å². The molecule has 0 radical (unpaired) electrons. The highest BCUT2D eigenvalue weighted by molar-refractivity contribution is 5.73. The molecule has 0 aliphatic heterocycles. The van der Waals surface area contributed by atoms with Crippen molar-refractivity contribution in [3.05, 3.63) is 0 Å². The Morgan fingerprint density at radius 1 is 1.73 bits per heavy atom. The molecular formula is C8H15NO2. The quantitative estimate of drug-likeness (QED) is 0.608. The molecule has 0 aromatic carbocycles. The summed E-state index contributed by atoms with van der Waals surface area (Å²) in [5.74, 6) is 0.304. The number of hydrogen-bond acceptors (Lipinski definition) is 3. The fourth-order valence-electron chi connectivity index (χ4n) is 1.47. The van der Waals surface area contributed by atoms with E-state index in [1.165, 1.54) is 13.5 Å². The summed E-state index contributed by atoms with van der Waals surface area (Å²) in [7, 11) is 1.42. The zero-order valence-electron chi connectivity index (χ0n) is 6.88. The van der Waals surface area contributed by atoms with Crippen LogP contribution in [0.2, 0.25) is 0 Å². The lowest BCUT2D eigenvalue weighted by molar-refractivity contribution is -0.148. The number of rotatable bonds is 3. The Hall–Kier alpha value is -0.570. The van der Waals surface area contributed by atoms with Crippen molar-refractivity contribution in [1.82, 2.24) is 0 Å². The van der Waals surface area contributed by atoms with Crippen LogP contribution in [-0.2, 0) is 9.53 Å². The molecule has 64 valence electrons. The van der Waals surface area contributed by atoms with Crippen LogP contribution in [0.4, 0.5) is 0 Å². The molecule has 1 aliphatic carbocycles. The van der Waals surface area contributed by atoms with Gasteiger partial charge in [0.2, 0.25) is 0 Å². The van der Waals surface area contributed by atoms with Gasteiger partial charge in [-0.2, -0.15) is 0 Å². The number of methoxy groups -OCH3 is 1. The first-order valence-electron chi connectivity index (χ1n) is 4.07. The van der Waals surface area contributed by atoms with Crippen molar-refractivity contribution in [3.63, 3.8) is 0 Å². The predicted octanol–water partition coefficient (Wildman–Crippen LogP) is 0.534. The molecule has 1 unspecified atom stereocenters. The van der Waals surface area contributed by atoms with E-state index in [1.807, 2.05) is 0 Å². The first-order valence-corrected chi connectivity index (χ1v) is 4.07. The summed E-state index contributed by atoms with van der Waals surface area (Å²) in [5.41, 5.74) is 5.46. The van der Waals surface area contributed by atoms with Gasteiger partial charge >= 0.3 is 5.97 Å². The summed E-state index contributed by atoms with van der Waals surface area (Å²) in [6.45, 7) is 0.428. The number of ether oxygens (including phenoxy) is 1. The number of carbonyl (C=O) groups is 1. The molecule has 0 heterocycles. The van der Waals surface area contributed by atoms with Crippen LogP contribution < -0.4 is 5.73 Å². The maximum atomic E-state index is 11.1. The third-order valence-electron chi connectivity index (χ3n) is 2.48. The molecule has 1 atom stereocenters. The van der Waals surface area contributed by atoms with Crippen molar-refractivity contribution >= 4 is 5.97 Å². The highest BCUT2D eigenvalue weighted by Gasteiger charge is 2.31. The van der Waals surface area contributed by atoms with Crippen LogP contribution >= 0.6 is 0 Å². The van der Waals surface area contributed by atoms with Gasteiger partial charge < -0.3 is 10.5 Å². The Bertz CT molecular complexity index is 143. The van der Waals surface area contributed by atoms with Gasteiger partial charge in [-0.05, 0) is 18.8 Å². The predicted molar refractivity (Wildman–Crippen MR) is 41.9 cm³/mol. The average molecular weight is 157 g/mol. The zero-order valence-corrected chi connectivity index (χ0v) is 6.88. The van der Waals surface area contributed by atoms with Crippen LogP contribution in [0.1, 0.15) is 19.3 Å². The Kier molecular flexibility index (Phi) is 2.88. The molecule has 0 bridgehead atoms. The summed E-state index contributed by atoms with van der Waals surface area (Å²) in [5, 5.41) is 0. The summed E-state index contributed by atoms with van der Waals surface area (Å²) in [4.78, 5) is 11.1. The molecule has 0 aromatic rings. The standard InChI is InChI=1S/C8H15NO2/c1-11-8(10)7(5-9)6-3-2-4-6/h6-7H,2-5,9H2,1H3. The van der Waals surface area contributed by atoms with E-state index in [0.717, 1.165) is 12.8 Å². The second-order valence-corrected chi connectivity index (χ2v) is 3.06. The van der Waals surface area contributed by atoms with Gasteiger partial charge in [0.05, 0.1) is 13.0 Å². The van der Waals surface area contributed by atoms with Crippen LogP contribution in [0.3, 0.4) is 0 Å². The Balaban J connectivity index is 2.40. The number of esters is 1. The minimum atomic E-state index is -0.141. The van der Waals surface area contributed by atoms with Gasteiger partial charge in [-0.15, -0.1) is 0 Å². The lowest BCUT2D eigenvalue weighted by Gasteiger charge is -2.30. The number of carbonyl (C=O) groups excluding carboxylic acids is 1. The topological polar surface area (TPSA) is 52.3 Å². The van der Waals surface area contributed by atoms with E-state index in [4.69, 9.17) is 5.73 Å². The maximum absolute atomic E-state index is 11.1. The van der Waals surface area contributed by atoms with Gasteiger partial charge in [-0.1, -0.05) is 6.42 Å². The second-order valence-electron chi connectivity index (χ2n) is 3.06. The molecular weight excluding hydrogens is 142 g/mol. The van der Waals surface area contributed by atoms with Gasteiger partial charge in [0.25, 0.3) is 0 Å². The van der Waals surface area contributed by atoms with E-state index < -0.39 is 0 Å². The van der Waals surface area contributed by atoms with Gasteiger partial charge in [-0.3, -0.25) is 4.79 Å². The van der Waals surface area contributed by atoms with Crippen molar-refractivity contribution in [2.24, 2.45) is 17.6 Å². The minimum absolute atomic E-state index is 0.0475. The zero-order chi connectivity index (χ0) is 8.27. The average Bonchev–Trinajstić information content (AvgIpc) is 1.94. The van der Waals surface area contributed by atoms with Gasteiger partial charge in [0.15, 0.2) is 0 Å². The van der Waals surface area contributed by atoms with E-state index in [1.54, 1.807) is 0 Å². The molecule has 3 nitrogen and oxygen atoms in total. The van der Waals surface area contributed by atoms with Crippen molar-refractivity contribution in [2.45, 2.75) is 19.3 Å². The molecule has 2 N–H and O–H groups in total. The molecule has 3 heteroatoms. The van der Waals surface area contributed by atoms with E-state index in [0.29, 0.717) is 12.5 Å². The van der Waals surface area contributed by atoms with Gasteiger partial charge in [-0.25, -0.2) is 0 Å². The van der Waals surface area contributed by atoms with E-state index in [9.17, 15) is 4.79 Å². The van der Waals surface area contributed by atoms with Crippen molar-refractivity contribution in [1.29, 1.82) is 0 Å². The molecule has 11 heavy (non-hydrogen) atoms. The smallest absolute Gasteiger partial charge is 0.310 e. The summed E-state index contributed by atoms with van der Waals surface area (Å²) < 4.78 is 4.64. The second kappa shape index (κ2) is 3.72. The van der Waals surface area contributed by atoms with Crippen molar-refractivity contribution in [3.8, 4) is 0 Å².